The van der Waals surface area contributed by atoms with Gasteiger partial charge in [-0.1, -0.05) is 0 Å². The average Bonchev–Trinajstić information content (AvgIpc) is 2.39. The summed E-state index contributed by atoms with van der Waals surface area (Å²) >= 11 is 0. The fourth-order valence-electron chi connectivity index (χ4n) is 2.27. The van der Waals surface area contributed by atoms with Gasteiger partial charge in [-0.25, -0.2) is 5.01 Å². The summed E-state index contributed by atoms with van der Waals surface area (Å²) in [5.74, 6) is 0.0556. The van der Waals surface area contributed by atoms with Crippen molar-refractivity contribution in [1.29, 1.82) is 0 Å². The van der Waals surface area contributed by atoms with Crippen molar-refractivity contribution >= 4 is 10.2 Å². The van der Waals surface area contributed by atoms with Gasteiger partial charge in [-0.05, 0) is 18.8 Å². The molecule has 2 aliphatic rings. The first-order chi connectivity index (χ1) is 8.62. The average molecular weight is 279 g/mol. The third kappa shape index (κ3) is 3.62. The Balaban J connectivity index is 1.92. The van der Waals surface area contributed by atoms with Gasteiger partial charge in [-0.3, -0.25) is 0 Å². The Morgan fingerprint density at radius 1 is 1.28 bits per heavy atom. The third-order valence-corrected chi connectivity index (χ3v) is 4.84. The van der Waals surface area contributed by atoms with Crippen LogP contribution in [0.3, 0.4) is 0 Å². The molecule has 0 aromatic rings. The minimum Gasteiger partial charge on any atom is -0.396 e. The van der Waals surface area contributed by atoms with Gasteiger partial charge in [0.25, 0.3) is 10.2 Å². The van der Waals surface area contributed by atoms with E-state index in [1.165, 1.54) is 4.31 Å². The van der Waals surface area contributed by atoms with E-state index >= 15 is 0 Å². The number of aliphatic hydroxyl groups is 1. The largest absolute Gasteiger partial charge is 0.396 e. The van der Waals surface area contributed by atoms with Crippen LogP contribution in [-0.2, 0) is 14.9 Å². The Labute approximate surface area is 108 Å². The van der Waals surface area contributed by atoms with Gasteiger partial charge in [-0.15, -0.1) is 4.83 Å². The van der Waals surface area contributed by atoms with Gasteiger partial charge in [0.1, 0.15) is 0 Å². The number of morpholine rings is 1. The summed E-state index contributed by atoms with van der Waals surface area (Å²) in [6.07, 6.45) is 1.69. The van der Waals surface area contributed by atoms with Crippen LogP contribution in [-0.4, -0.2) is 68.8 Å². The van der Waals surface area contributed by atoms with E-state index in [0.717, 1.165) is 12.8 Å². The molecule has 2 N–H and O–H groups in total. The van der Waals surface area contributed by atoms with E-state index < -0.39 is 10.2 Å². The maximum Gasteiger partial charge on any atom is 0.292 e. The molecular formula is C10H21N3O4S. The van der Waals surface area contributed by atoms with Gasteiger partial charge in [-0.2, -0.15) is 12.7 Å². The van der Waals surface area contributed by atoms with Crippen molar-refractivity contribution in [2.24, 2.45) is 5.92 Å². The highest BCUT2D eigenvalue weighted by Crippen LogP contribution is 2.18. The highest BCUT2D eigenvalue weighted by molar-refractivity contribution is 7.87. The highest BCUT2D eigenvalue weighted by atomic mass is 32.2. The van der Waals surface area contributed by atoms with Crippen LogP contribution in [0.15, 0.2) is 0 Å². The molecule has 2 heterocycles. The first-order valence-corrected chi connectivity index (χ1v) is 7.77. The number of piperidine rings is 1. The van der Waals surface area contributed by atoms with Crippen molar-refractivity contribution in [3.05, 3.63) is 0 Å². The zero-order valence-electron chi connectivity index (χ0n) is 10.4. The standard InChI is InChI=1S/C10H21N3O4S/c14-9-10-2-1-3-13(8-10)18(15,16)11-12-4-6-17-7-5-12/h10-11,14H,1-9H2. The molecule has 0 aromatic heterocycles. The Hall–Kier alpha value is -0.250. The number of nitrogens with one attached hydrogen (secondary N) is 1. The van der Waals surface area contributed by atoms with Crippen molar-refractivity contribution in [3.63, 3.8) is 0 Å². The predicted octanol–water partition coefficient (Wildman–Crippen LogP) is -1.23. The van der Waals surface area contributed by atoms with Crippen molar-refractivity contribution in [1.82, 2.24) is 14.1 Å². The molecule has 8 heteroatoms. The lowest BCUT2D eigenvalue weighted by atomic mass is 10.0. The van der Waals surface area contributed by atoms with Crippen molar-refractivity contribution in [2.45, 2.75) is 12.8 Å². The van der Waals surface area contributed by atoms with Crippen LogP contribution >= 0.6 is 0 Å². The zero-order valence-corrected chi connectivity index (χ0v) is 11.2. The second kappa shape index (κ2) is 6.27. The smallest absolute Gasteiger partial charge is 0.292 e. The quantitative estimate of drug-likeness (QED) is 0.673. The normalized spacial score (nSPS) is 28.4. The topological polar surface area (TPSA) is 82.1 Å². The molecule has 7 nitrogen and oxygen atoms in total. The Bertz CT molecular complexity index is 356. The molecule has 0 bridgehead atoms. The Morgan fingerprint density at radius 2 is 2.00 bits per heavy atom. The number of hydrazine groups is 1. The van der Waals surface area contributed by atoms with Crippen molar-refractivity contribution in [3.8, 4) is 0 Å². The molecule has 0 aromatic carbocycles. The van der Waals surface area contributed by atoms with E-state index in [1.807, 2.05) is 0 Å². The molecule has 0 aliphatic carbocycles. The van der Waals surface area contributed by atoms with Crippen LogP contribution in [0.2, 0.25) is 0 Å². The summed E-state index contributed by atoms with van der Waals surface area (Å²) in [6.45, 7) is 3.19. The minimum absolute atomic E-state index is 0.0452. The number of hydrogen-bond donors (Lipinski definition) is 2. The lowest BCUT2D eigenvalue weighted by molar-refractivity contribution is 0.0257. The van der Waals surface area contributed by atoms with Gasteiger partial charge in [0.05, 0.1) is 13.2 Å². The first kappa shape index (κ1) is 14.2. The predicted molar refractivity (Wildman–Crippen MR) is 65.8 cm³/mol. The van der Waals surface area contributed by atoms with Crippen LogP contribution in [0, 0.1) is 5.92 Å². The molecular weight excluding hydrogens is 258 g/mol. The molecule has 18 heavy (non-hydrogen) atoms. The number of rotatable bonds is 4. The van der Waals surface area contributed by atoms with Crippen LogP contribution in [0.1, 0.15) is 12.8 Å². The molecule has 0 amide bonds. The fraction of sp³-hybridized carbons (Fsp3) is 1.00. The molecule has 106 valence electrons. The Kier molecular flexibility index (Phi) is 4.93. The maximum atomic E-state index is 12.2. The van der Waals surface area contributed by atoms with Gasteiger partial charge in [0.2, 0.25) is 0 Å². The van der Waals surface area contributed by atoms with Gasteiger partial charge in [0.15, 0.2) is 0 Å². The van der Waals surface area contributed by atoms with Crippen LogP contribution in [0.5, 0.6) is 0 Å². The van der Waals surface area contributed by atoms with E-state index in [1.54, 1.807) is 5.01 Å². The highest BCUT2D eigenvalue weighted by Gasteiger charge is 2.30. The van der Waals surface area contributed by atoms with Crippen LogP contribution in [0.25, 0.3) is 0 Å². The summed E-state index contributed by atoms with van der Waals surface area (Å²) in [5.41, 5.74) is 0. The second-order valence-electron chi connectivity index (χ2n) is 4.74. The second-order valence-corrected chi connectivity index (χ2v) is 6.39. The monoisotopic (exact) mass is 279 g/mol. The summed E-state index contributed by atoms with van der Waals surface area (Å²) in [5, 5.41) is 10.8. The SMILES string of the molecule is O=S(=O)(NN1CCOCC1)N1CCCC(CO)C1. The Morgan fingerprint density at radius 3 is 2.67 bits per heavy atom. The number of nitrogens with zero attached hydrogens (tertiary/aromatic N) is 2. The first-order valence-electron chi connectivity index (χ1n) is 6.33. The molecule has 2 aliphatic heterocycles. The number of aliphatic hydroxyl groups excluding tert-OH is 1. The summed E-state index contributed by atoms with van der Waals surface area (Å²) < 4.78 is 30.9. The minimum atomic E-state index is -3.48. The summed E-state index contributed by atoms with van der Waals surface area (Å²) in [6, 6.07) is 0. The van der Waals surface area contributed by atoms with E-state index in [2.05, 4.69) is 4.83 Å². The summed E-state index contributed by atoms with van der Waals surface area (Å²) in [4.78, 5) is 2.58. The van der Waals surface area contributed by atoms with E-state index in [0.29, 0.717) is 39.4 Å². The van der Waals surface area contributed by atoms with Crippen molar-refractivity contribution in [2.75, 3.05) is 46.0 Å². The molecule has 2 rings (SSSR count). The van der Waals surface area contributed by atoms with Crippen LogP contribution < -0.4 is 4.83 Å². The van der Waals surface area contributed by atoms with E-state index in [-0.39, 0.29) is 12.5 Å². The molecule has 0 radical (unpaired) electrons. The van der Waals surface area contributed by atoms with E-state index in [9.17, 15) is 8.42 Å². The lowest BCUT2D eigenvalue weighted by Crippen LogP contribution is -2.54. The molecule has 2 saturated heterocycles. The van der Waals surface area contributed by atoms with Gasteiger partial charge in [0, 0.05) is 32.8 Å². The molecule has 1 atom stereocenters. The summed E-state index contributed by atoms with van der Waals surface area (Å²) in [7, 11) is -3.48. The molecule has 0 saturated carbocycles. The van der Waals surface area contributed by atoms with Gasteiger partial charge >= 0.3 is 0 Å². The van der Waals surface area contributed by atoms with Crippen molar-refractivity contribution < 1.29 is 18.3 Å². The molecule has 0 spiro atoms. The number of hydrogen-bond acceptors (Lipinski definition) is 5. The number of ether oxygens (including phenoxy) is 1. The molecule has 1 unspecified atom stereocenters. The maximum absolute atomic E-state index is 12.2. The third-order valence-electron chi connectivity index (χ3n) is 3.34. The van der Waals surface area contributed by atoms with Gasteiger partial charge < -0.3 is 9.84 Å². The fourth-order valence-corrected chi connectivity index (χ4v) is 3.67. The lowest BCUT2D eigenvalue weighted by Gasteiger charge is -2.34. The molecule has 2 fully saturated rings. The van der Waals surface area contributed by atoms with E-state index in [4.69, 9.17) is 9.84 Å². The zero-order chi connectivity index (χ0) is 13.0. The van der Waals surface area contributed by atoms with Crippen LogP contribution in [0.4, 0.5) is 0 Å².